The lowest BCUT2D eigenvalue weighted by Gasteiger charge is -2.21. The monoisotopic (exact) mass is 312 g/mol. The summed E-state index contributed by atoms with van der Waals surface area (Å²) in [5, 5.41) is 3.28. The number of carbonyl (C=O) groups is 1. The number of primary amides is 1. The molecular weight excluding hydrogens is 292 g/mol. The summed E-state index contributed by atoms with van der Waals surface area (Å²) < 4.78 is 29.0. The number of aryl methyl sites for hydroxylation is 1. The first kappa shape index (κ1) is 15.6. The second-order valence-corrected chi connectivity index (χ2v) is 7.34. The van der Waals surface area contributed by atoms with Gasteiger partial charge in [-0.05, 0) is 24.5 Å². The fraction of sp³-hybridized carbons (Fsp3) is 0.500. The average molecular weight is 312 g/mol. The van der Waals surface area contributed by atoms with Gasteiger partial charge in [-0.3, -0.25) is 4.79 Å². The molecule has 0 unspecified atom stereocenters. The maximum Gasteiger partial charge on any atom is 0.218 e. The molecule has 116 valence electrons. The van der Waals surface area contributed by atoms with E-state index in [0.29, 0.717) is 5.75 Å². The lowest BCUT2D eigenvalue weighted by molar-refractivity contribution is -0.117. The highest BCUT2D eigenvalue weighted by Crippen LogP contribution is 2.31. The first-order chi connectivity index (χ1) is 9.98. The summed E-state index contributed by atoms with van der Waals surface area (Å²) in [6, 6.07) is 5.77. The van der Waals surface area contributed by atoms with Crippen molar-refractivity contribution in [2.45, 2.75) is 19.3 Å². The predicted octanol–water partition coefficient (Wildman–Crippen LogP) is 0.714. The summed E-state index contributed by atoms with van der Waals surface area (Å²) in [5.74, 6) is -0.279. The van der Waals surface area contributed by atoms with Crippen molar-refractivity contribution in [3.63, 3.8) is 0 Å². The lowest BCUT2D eigenvalue weighted by atomic mass is 10.0. The smallest absolute Gasteiger partial charge is 0.218 e. The molecule has 0 bridgehead atoms. The van der Waals surface area contributed by atoms with Gasteiger partial charge in [-0.25, -0.2) is 8.42 Å². The van der Waals surface area contributed by atoms with E-state index in [1.54, 1.807) is 0 Å². The molecule has 0 aliphatic carbocycles. The number of nitrogens with one attached hydrogen (secondary N) is 1. The third kappa shape index (κ3) is 4.63. The summed E-state index contributed by atoms with van der Waals surface area (Å²) in [7, 11) is -3.31. The van der Waals surface area contributed by atoms with Crippen LogP contribution in [-0.2, 0) is 21.1 Å². The number of hydrogen-bond acceptors (Lipinski definition) is 5. The number of benzene rings is 1. The minimum atomic E-state index is -3.31. The molecule has 0 radical (unpaired) electrons. The molecule has 0 fully saturated rings. The number of fused-ring (bicyclic) bond motifs is 1. The normalized spacial score (nSPS) is 14.1. The van der Waals surface area contributed by atoms with E-state index in [4.69, 9.17) is 10.5 Å². The van der Waals surface area contributed by atoms with Crippen molar-refractivity contribution >= 4 is 21.4 Å². The largest absolute Gasteiger partial charge is 0.490 e. The summed E-state index contributed by atoms with van der Waals surface area (Å²) in [6.45, 7) is 0.962. The Morgan fingerprint density at radius 3 is 2.90 bits per heavy atom. The molecule has 0 aromatic heterocycles. The Morgan fingerprint density at radius 2 is 2.14 bits per heavy atom. The van der Waals surface area contributed by atoms with Gasteiger partial charge in [-0.15, -0.1) is 0 Å². The van der Waals surface area contributed by atoms with Gasteiger partial charge >= 0.3 is 0 Å². The highest BCUT2D eigenvalue weighted by molar-refractivity contribution is 7.91. The van der Waals surface area contributed by atoms with Crippen LogP contribution in [0.5, 0.6) is 5.75 Å². The van der Waals surface area contributed by atoms with Gasteiger partial charge < -0.3 is 15.8 Å². The topological polar surface area (TPSA) is 98.5 Å². The number of para-hydroxylation sites is 1. The lowest BCUT2D eigenvalue weighted by Crippen LogP contribution is -2.22. The van der Waals surface area contributed by atoms with Gasteiger partial charge in [0, 0.05) is 13.0 Å². The van der Waals surface area contributed by atoms with Crippen molar-refractivity contribution in [1.29, 1.82) is 0 Å². The maximum atomic E-state index is 11.7. The van der Waals surface area contributed by atoms with Crippen LogP contribution in [0.1, 0.15) is 18.4 Å². The van der Waals surface area contributed by atoms with Crippen LogP contribution in [0.25, 0.3) is 0 Å². The van der Waals surface area contributed by atoms with Crippen molar-refractivity contribution in [2.24, 2.45) is 5.73 Å². The van der Waals surface area contributed by atoms with Crippen molar-refractivity contribution in [1.82, 2.24) is 0 Å². The average Bonchev–Trinajstić information content (AvgIpc) is 2.45. The summed E-state index contributed by atoms with van der Waals surface area (Å²) >= 11 is 0. The molecule has 2 rings (SSSR count). The van der Waals surface area contributed by atoms with Gasteiger partial charge in [0.1, 0.15) is 12.4 Å². The summed E-state index contributed by atoms with van der Waals surface area (Å²) in [5.41, 5.74) is 7.10. The Balaban J connectivity index is 1.90. The van der Waals surface area contributed by atoms with Crippen LogP contribution in [0.3, 0.4) is 0 Å². The zero-order valence-corrected chi connectivity index (χ0v) is 12.6. The van der Waals surface area contributed by atoms with Crippen LogP contribution in [0.15, 0.2) is 18.2 Å². The van der Waals surface area contributed by atoms with E-state index in [2.05, 4.69) is 5.32 Å². The molecule has 1 aromatic carbocycles. The quantitative estimate of drug-likeness (QED) is 0.773. The van der Waals surface area contributed by atoms with E-state index in [-0.39, 0.29) is 24.5 Å². The van der Waals surface area contributed by atoms with Gasteiger partial charge in [-0.2, -0.15) is 0 Å². The minimum absolute atomic E-state index is 0.0687. The van der Waals surface area contributed by atoms with E-state index in [1.165, 1.54) is 5.56 Å². The van der Waals surface area contributed by atoms with Crippen molar-refractivity contribution in [3.05, 3.63) is 23.8 Å². The van der Waals surface area contributed by atoms with Crippen LogP contribution in [0, 0.1) is 0 Å². The van der Waals surface area contributed by atoms with Gasteiger partial charge in [0.25, 0.3) is 0 Å². The molecule has 0 saturated heterocycles. The van der Waals surface area contributed by atoms with Gasteiger partial charge in [0.2, 0.25) is 5.91 Å². The third-order valence-corrected chi connectivity index (χ3v) is 4.96. The summed E-state index contributed by atoms with van der Waals surface area (Å²) in [4.78, 5) is 10.6. The Bertz CT molecular complexity index is 613. The van der Waals surface area contributed by atoms with Crippen molar-refractivity contribution < 1.29 is 17.9 Å². The fourth-order valence-corrected chi connectivity index (χ4v) is 3.29. The molecule has 1 heterocycles. The second kappa shape index (κ2) is 6.80. The zero-order valence-electron chi connectivity index (χ0n) is 11.8. The van der Waals surface area contributed by atoms with Crippen LogP contribution in [0.4, 0.5) is 5.69 Å². The number of sulfone groups is 1. The number of amides is 1. The van der Waals surface area contributed by atoms with Gasteiger partial charge in [0.05, 0.1) is 17.2 Å². The first-order valence-electron chi connectivity index (χ1n) is 6.95. The molecule has 0 atom stereocenters. The zero-order chi connectivity index (χ0) is 15.3. The number of rotatable bonds is 7. The van der Waals surface area contributed by atoms with Crippen LogP contribution >= 0.6 is 0 Å². The molecular formula is C14H20N2O4S. The minimum Gasteiger partial charge on any atom is -0.490 e. The number of nitrogens with two attached hydrogens (primary N) is 1. The highest BCUT2D eigenvalue weighted by Gasteiger charge is 2.15. The molecule has 1 aliphatic rings. The van der Waals surface area contributed by atoms with Gasteiger partial charge in [-0.1, -0.05) is 12.1 Å². The summed E-state index contributed by atoms with van der Waals surface area (Å²) in [6.07, 6.45) is 1.93. The van der Waals surface area contributed by atoms with E-state index >= 15 is 0 Å². The molecule has 3 N–H and O–H groups in total. The maximum absolute atomic E-state index is 11.7. The van der Waals surface area contributed by atoms with Gasteiger partial charge in [0.15, 0.2) is 9.84 Å². The third-order valence-electron chi connectivity index (χ3n) is 3.35. The van der Waals surface area contributed by atoms with Crippen LogP contribution < -0.4 is 15.8 Å². The van der Waals surface area contributed by atoms with Crippen molar-refractivity contribution in [2.75, 3.05) is 30.0 Å². The molecule has 7 heteroatoms. The Morgan fingerprint density at radius 1 is 1.33 bits per heavy atom. The Labute approximate surface area is 124 Å². The van der Waals surface area contributed by atoms with Crippen LogP contribution in [0.2, 0.25) is 0 Å². The number of ether oxygens (including phenoxy) is 1. The molecule has 1 aromatic rings. The number of anilines is 1. The SMILES string of the molecule is NC(=O)CCS(=O)(=O)CCOc1cccc2c1NCCC2. The Hall–Kier alpha value is -1.76. The molecule has 21 heavy (non-hydrogen) atoms. The van der Waals surface area contributed by atoms with E-state index < -0.39 is 15.7 Å². The van der Waals surface area contributed by atoms with Crippen LogP contribution in [-0.4, -0.2) is 39.0 Å². The number of carbonyl (C=O) groups excluding carboxylic acids is 1. The van der Waals surface area contributed by atoms with E-state index in [9.17, 15) is 13.2 Å². The Kier molecular flexibility index (Phi) is 5.06. The first-order valence-corrected chi connectivity index (χ1v) is 8.77. The molecule has 6 nitrogen and oxygen atoms in total. The highest BCUT2D eigenvalue weighted by atomic mass is 32.2. The molecule has 0 saturated carbocycles. The predicted molar refractivity (Wildman–Crippen MR) is 81.2 cm³/mol. The standard InChI is InChI=1S/C14H20N2O4S/c15-13(17)6-9-21(18,19)10-8-20-12-5-1-3-11-4-2-7-16-14(11)12/h1,3,5,16H,2,4,6-10H2,(H2,15,17). The van der Waals surface area contributed by atoms with Crippen molar-refractivity contribution in [3.8, 4) is 5.75 Å². The molecule has 1 aliphatic heterocycles. The molecule has 0 spiro atoms. The second-order valence-electron chi connectivity index (χ2n) is 5.04. The number of hydrogen-bond donors (Lipinski definition) is 2. The fourth-order valence-electron chi connectivity index (χ4n) is 2.23. The molecule has 1 amide bonds. The van der Waals surface area contributed by atoms with E-state index in [1.807, 2.05) is 18.2 Å². The van der Waals surface area contributed by atoms with E-state index in [0.717, 1.165) is 25.1 Å².